The van der Waals surface area contributed by atoms with Crippen molar-refractivity contribution in [3.05, 3.63) is 76.1 Å². The number of rotatable bonds is 3. The van der Waals surface area contributed by atoms with Gasteiger partial charge in [-0.05, 0) is 48.1 Å². The normalized spacial score (nSPS) is 12.4. The van der Waals surface area contributed by atoms with Gasteiger partial charge in [0.2, 0.25) is 0 Å². The van der Waals surface area contributed by atoms with E-state index in [1.54, 1.807) is 7.11 Å². The maximum absolute atomic E-state index is 12.6. The van der Waals surface area contributed by atoms with Crippen molar-refractivity contribution < 1.29 is 4.74 Å². The van der Waals surface area contributed by atoms with Crippen LogP contribution < -0.4 is 16.0 Å². The summed E-state index contributed by atoms with van der Waals surface area (Å²) >= 11 is 0. The number of aryl methyl sites for hydroxylation is 1. The zero-order valence-electron chi connectivity index (χ0n) is 15.7. The highest BCUT2D eigenvalue weighted by atomic mass is 16.5. The molecule has 3 aromatic carbocycles. The average Bonchev–Trinajstić information content (AvgIpc) is 2.68. The Bertz CT molecular complexity index is 1210. The van der Waals surface area contributed by atoms with Gasteiger partial charge < -0.3 is 15.5 Å². The van der Waals surface area contributed by atoms with Crippen LogP contribution in [0.4, 0.5) is 0 Å². The Morgan fingerprint density at radius 2 is 1.70 bits per heavy atom. The highest BCUT2D eigenvalue weighted by Gasteiger charge is 2.17. The number of fused-ring (bicyclic) bond motifs is 3. The largest absolute Gasteiger partial charge is 0.496 e. The number of aromatic nitrogens is 1. The molecular weight excluding hydrogens is 336 g/mol. The maximum atomic E-state index is 12.6. The number of hydrogen-bond donors (Lipinski definition) is 2. The molecule has 0 spiro atoms. The number of pyridine rings is 1. The van der Waals surface area contributed by atoms with E-state index in [9.17, 15) is 4.79 Å². The summed E-state index contributed by atoms with van der Waals surface area (Å²) in [5, 5.41) is 2.59. The van der Waals surface area contributed by atoms with Crippen LogP contribution in [0.3, 0.4) is 0 Å². The molecule has 4 heteroatoms. The van der Waals surface area contributed by atoms with Gasteiger partial charge in [0.05, 0.1) is 12.6 Å². The second kappa shape index (κ2) is 6.56. The predicted molar refractivity (Wildman–Crippen MR) is 111 cm³/mol. The Hall–Kier alpha value is -3.11. The Labute approximate surface area is 157 Å². The summed E-state index contributed by atoms with van der Waals surface area (Å²) in [6, 6.07) is 17.8. The molecule has 3 N–H and O–H groups in total. The third-order valence-electron chi connectivity index (χ3n) is 5.11. The van der Waals surface area contributed by atoms with Crippen LogP contribution >= 0.6 is 0 Å². The fourth-order valence-electron chi connectivity index (χ4n) is 3.70. The van der Waals surface area contributed by atoms with Crippen LogP contribution in [0.1, 0.15) is 24.1 Å². The molecule has 1 aromatic heterocycles. The standard InChI is InChI=1S/C23H22N2O2/c1-13-12-19(27-3)20(16-10-8-15(9-11-16)14(2)24)21-17-6-4-5-7-18(17)23(26)25-22(13)21/h4-12,14H,24H2,1-3H3,(H,25,26)/t14-/m1/s1. The molecule has 0 fully saturated rings. The van der Waals surface area contributed by atoms with Gasteiger partial charge in [-0.3, -0.25) is 4.79 Å². The first kappa shape index (κ1) is 17.3. The lowest BCUT2D eigenvalue weighted by molar-refractivity contribution is 0.416. The molecule has 4 nitrogen and oxygen atoms in total. The van der Waals surface area contributed by atoms with E-state index in [-0.39, 0.29) is 11.6 Å². The molecule has 0 radical (unpaired) electrons. The molecule has 0 unspecified atom stereocenters. The molecule has 0 aliphatic heterocycles. The Morgan fingerprint density at radius 1 is 1.04 bits per heavy atom. The van der Waals surface area contributed by atoms with Crippen molar-refractivity contribution in [1.82, 2.24) is 4.98 Å². The molecule has 4 aromatic rings. The molecule has 0 aliphatic carbocycles. The number of methoxy groups -OCH3 is 1. The van der Waals surface area contributed by atoms with E-state index in [2.05, 4.69) is 17.1 Å². The van der Waals surface area contributed by atoms with Gasteiger partial charge in [0.1, 0.15) is 5.75 Å². The van der Waals surface area contributed by atoms with E-state index in [4.69, 9.17) is 10.5 Å². The van der Waals surface area contributed by atoms with E-state index in [1.807, 2.05) is 56.3 Å². The molecule has 0 aliphatic rings. The summed E-state index contributed by atoms with van der Waals surface area (Å²) in [4.78, 5) is 15.6. The van der Waals surface area contributed by atoms with Crippen LogP contribution in [0, 0.1) is 6.92 Å². The molecule has 0 saturated heterocycles. The number of hydrogen-bond acceptors (Lipinski definition) is 3. The van der Waals surface area contributed by atoms with Crippen LogP contribution in [-0.2, 0) is 0 Å². The van der Waals surface area contributed by atoms with Gasteiger partial charge in [0, 0.05) is 22.4 Å². The fraction of sp³-hybridized carbons (Fsp3) is 0.174. The van der Waals surface area contributed by atoms with Gasteiger partial charge >= 0.3 is 0 Å². The third kappa shape index (κ3) is 2.78. The lowest BCUT2D eigenvalue weighted by Gasteiger charge is -2.17. The molecule has 4 rings (SSSR count). The van der Waals surface area contributed by atoms with E-state index in [1.165, 1.54) is 0 Å². The van der Waals surface area contributed by atoms with Crippen molar-refractivity contribution in [3.8, 4) is 16.9 Å². The minimum Gasteiger partial charge on any atom is -0.496 e. The summed E-state index contributed by atoms with van der Waals surface area (Å²) in [5.74, 6) is 0.783. The van der Waals surface area contributed by atoms with Crippen molar-refractivity contribution in [1.29, 1.82) is 0 Å². The highest BCUT2D eigenvalue weighted by molar-refractivity contribution is 6.14. The predicted octanol–water partition coefficient (Wildman–Crippen LogP) is 4.69. The first-order chi connectivity index (χ1) is 13.0. The first-order valence-electron chi connectivity index (χ1n) is 8.99. The molecule has 1 heterocycles. The summed E-state index contributed by atoms with van der Waals surface area (Å²) < 4.78 is 5.73. The number of nitrogens with one attached hydrogen (secondary N) is 1. The summed E-state index contributed by atoms with van der Waals surface area (Å²) in [6.45, 7) is 3.95. The number of ether oxygens (including phenoxy) is 1. The average molecular weight is 358 g/mol. The number of benzene rings is 3. The molecule has 0 bridgehead atoms. The second-order valence-electron chi connectivity index (χ2n) is 6.93. The van der Waals surface area contributed by atoms with Crippen LogP contribution in [0.15, 0.2) is 59.4 Å². The zero-order valence-corrected chi connectivity index (χ0v) is 15.7. The topological polar surface area (TPSA) is 68.1 Å². The minimum atomic E-state index is -0.0791. The summed E-state index contributed by atoms with van der Waals surface area (Å²) in [7, 11) is 1.67. The van der Waals surface area contributed by atoms with Crippen LogP contribution in [-0.4, -0.2) is 12.1 Å². The van der Waals surface area contributed by atoms with Gasteiger partial charge in [-0.1, -0.05) is 42.5 Å². The van der Waals surface area contributed by atoms with Gasteiger partial charge in [-0.25, -0.2) is 0 Å². The van der Waals surface area contributed by atoms with Crippen molar-refractivity contribution in [3.63, 3.8) is 0 Å². The number of H-pyrrole nitrogens is 1. The highest BCUT2D eigenvalue weighted by Crippen LogP contribution is 2.41. The number of aromatic amines is 1. The maximum Gasteiger partial charge on any atom is 0.256 e. The minimum absolute atomic E-state index is 0.0205. The molecule has 27 heavy (non-hydrogen) atoms. The van der Waals surface area contributed by atoms with Gasteiger partial charge in [-0.2, -0.15) is 0 Å². The number of nitrogens with two attached hydrogens (primary N) is 1. The monoisotopic (exact) mass is 358 g/mol. The van der Waals surface area contributed by atoms with Gasteiger partial charge in [0.15, 0.2) is 0 Å². The lowest BCUT2D eigenvalue weighted by atomic mass is 9.92. The summed E-state index contributed by atoms with van der Waals surface area (Å²) in [5.41, 5.74) is 10.8. The van der Waals surface area contributed by atoms with Gasteiger partial charge in [0.25, 0.3) is 5.56 Å². The Morgan fingerprint density at radius 3 is 2.33 bits per heavy atom. The molecule has 136 valence electrons. The van der Waals surface area contributed by atoms with E-state index < -0.39 is 0 Å². The first-order valence-corrected chi connectivity index (χ1v) is 8.99. The van der Waals surface area contributed by atoms with Crippen molar-refractivity contribution >= 4 is 21.7 Å². The quantitative estimate of drug-likeness (QED) is 0.522. The smallest absolute Gasteiger partial charge is 0.256 e. The lowest BCUT2D eigenvalue weighted by Crippen LogP contribution is -2.08. The fourth-order valence-corrected chi connectivity index (χ4v) is 3.70. The summed E-state index contributed by atoms with van der Waals surface area (Å²) in [6.07, 6.45) is 0. The second-order valence-corrected chi connectivity index (χ2v) is 6.93. The van der Waals surface area contributed by atoms with Crippen molar-refractivity contribution in [2.45, 2.75) is 19.9 Å². The molecule has 0 amide bonds. The Balaban J connectivity index is 2.17. The zero-order chi connectivity index (χ0) is 19.1. The van der Waals surface area contributed by atoms with E-state index in [0.717, 1.165) is 44.3 Å². The SMILES string of the molecule is COc1cc(C)c2[nH]c(=O)c3ccccc3c2c1-c1ccc([C@@H](C)N)cc1. The van der Waals surface area contributed by atoms with Crippen molar-refractivity contribution in [2.24, 2.45) is 5.73 Å². The van der Waals surface area contributed by atoms with Crippen LogP contribution in [0.5, 0.6) is 5.75 Å². The van der Waals surface area contributed by atoms with Crippen LogP contribution in [0.2, 0.25) is 0 Å². The van der Waals surface area contributed by atoms with Crippen molar-refractivity contribution in [2.75, 3.05) is 7.11 Å². The molecule has 1 atom stereocenters. The van der Waals surface area contributed by atoms with E-state index in [0.29, 0.717) is 5.39 Å². The van der Waals surface area contributed by atoms with Crippen LogP contribution in [0.25, 0.3) is 32.8 Å². The van der Waals surface area contributed by atoms with E-state index >= 15 is 0 Å². The molecule has 0 saturated carbocycles. The van der Waals surface area contributed by atoms with Gasteiger partial charge in [-0.15, -0.1) is 0 Å². The third-order valence-corrected chi connectivity index (χ3v) is 5.11. The Kier molecular flexibility index (Phi) is 4.21. The molecular formula is C23H22N2O2.